The molecule has 446 valence electrons. The van der Waals surface area contributed by atoms with Crippen molar-refractivity contribution in [2.45, 2.75) is 184 Å². The molecular weight excluding hydrogens is 1030 g/mol. The first kappa shape index (κ1) is 69.9. The van der Waals surface area contributed by atoms with Crippen molar-refractivity contribution in [3.8, 4) is 0 Å². The Hall–Kier alpha value is -6.15. The highest BCUT2D eigenvalue weighted by molar-refractivity contribution is 5.99. The Bertz CT molecular complexity index is 1970. The average molecular weight is 1120 g/mol. The van der Waals surface area contributed by atoms with Crippen LogP contribution in [-0.4, -0.2) is 204 Å². The van der Waals surface area contributed by atoms with Crippen molar-refractivity contribution in [2.24, 2.45) is 28.9 Å². The minimum atomic E-state index is -1.88. The zero-order valence-corrected chi connectivity index (χ0v) is 45.5. The lowest BCUT2D eigenvalue weighted by molar-refractivity contribution is -0.137. The maximum absolute atomic E-state index is 14.2. The molecule has 0 radical (unpaired) electrons. The van der Waals surface area contributed by atoms with Crippen LogP contribution in [0, 0.1) is 5.92 Å². The fourth-order valence-corrected chi connectivity index (χ4v) is 7.92. The van der Waals surface area contributed by atoms with Crippen LogP contribution in [0.1, 0.15) is 112 Å². The van der Waals surface area contributed by atoms with Gasteiger partial charge in [0.05, 0.1) is 25.4 Å². The molecule has 1 aliphatic heterocycles. The lowest BCUT2D eigenvalue weighted by Crippen LogP contribution is -2.62. The van der Waals surface area contributed by atoms with Crippen LogP contribution in [0.2, 0.25) is 0 Å². The normalized spacial score (nSPS) is 23.5. The van der Waals surface area contributed by atoms with Crippen LogP contribution in [0.25, 0.3) is 0 Å². The smallest absolute Gasteiger partial charge is 0.245 e. The predicted molar refractivity (Wildman–Crippen MR) is 282 cm³/mol. The van der Waals surface area contributed by atoms with Crippen LogP contribution in [0.3, 0.4) is 0 Å². The fraction of sp³-hybridized carbons (Fsp3) is 0.771. The van der Waals surface area contributed by atoms with Crippen molar-refractivity contribution in [3.05, 3.63) is 0 Å². The summed E-state index contributed by atoms with van der Waals surface area (Å²) >= 11 is 0. The summed E-state index contributed by atoms with van der Waals surface area (Å²) in [6.07, 6.45) is -0.0512. The van der Waals surface area contributed by atoms with E-state index in [1.165, 1.54) is 6.92 Å². The SMILES string of the molecule is CCCCCCCC(=O)N[C@@H](CCN)C(=O)N[C@@H](CO)C(=O)NC(CO)C(=O)N[C@H]1CCNC(=O)[C@H]([C@@H](C)O)NC(=O)[C@H](CCN)NC(=O)[C@H](CCN)NC(=O)[C@H]([C@@H](C)O)NC(=O)[C@@H](CC(C)C)NC(=O)[C@H](CCN)NC1=O. The van der Waals surface area contributed by atoms with Gasteiger partial charge in [-0.25, -0.2) is 0 Å². The van der Waals surface area contributed by atoms with E-state index in [4.69, 9.17) is 22.9 Å². The number of nitrogens with two attached hydrogens (primary N) is 4. The largest absolute Gasteiger partial charge is 0.394 e. The number of nitrogens with one attached hydrogen (secondary N) is 11. The first-order valence-electron chi connectivity index (χ1n) is 26.6. The number of unbranched alkanes of at least 4 members (excludes halogenated alkanes) is 4. The number of hydrogen-bond acceptors (Lipinski definition) is 19. The predicted octanol–water partition coefficient (Wildman–Crippen LogP) is -8.10. The molecule has 78 heavy (non-hydrogen) atoms. The third-order valence-corrected chi connectivity index (χ3v) is 12.3. The van der Waals surface area contributed by atoms with E-state index in [1.54, 1.807) is 13.8 Å². The third-order valence-electron chi connectivity index (χ3n) is 12.3. The zero-order chi connectivity index (χ0) is 59.1. The lowest BCUT2D eigenvalue weighted by Gasteiger charge is -2.29. The maximum atomic E-state index is 14.2. The number of rotatable bonds is 27. The molecule has 0 aromatic rings. The second-order valence-electron chi connectivity index (χ2n) is 19.6. The maximum Gasteiger partial charge on any atom is 0.245 e. The van der Waals surface area contributed by atoms with Gasteiger partial charge < -0.3 is 102 Å². The van der Waals surface area contributed by atoms with Gasteiger partial charge in [-0.15, -0.1) is 0 Å². The second kappa shape index (κ2) is 37.6. The van der Waals surface area contributed by atoms with Crippen LogP contribution in [0.4, 0.5) is 0 Å². The third kappa shape index (κ3) is 25.1. The van der Waals surface area contributed by atoms with E-state index in [0.717, 1.165) is 32.6 Å². The fourth-order valence-electron chi connectivity index (χ4n) is 7.92. The first-order valence-corrected chi connectivity index (χ1v) is 26.6. The molecule has 1 fully saturated rings. The van der Waals surface area contributed by atoms with Gasteiger partial charge in [-0.3, -0.25) is 52.7 Å². The topological polar surface area (TPSA) is 505 Å². The molecule has 30 heteroatoms. The Labute approximate surface area is 454 Å². The van der Waals surface area contributed by atoms with Crippen molar-refractivity contribution in [3.63, 3.8) is 0 Å². The van der Waals surface area contributed by atoms with E-state index in [-0.39, 0.29) is 70.6 Å². The molecule has 0 bridgehead atoms. The quantitative estimate of drug-likeness (QED) is 0.0340. The summed E-state index contributed by atoms with van der Waals surface area (Å²) in [5.74, 6) is -11.1. The van der Waals surface area contributed by atoms with Crippen molar-refractivity contribution in [1.82, 2.24) is 58.5 Å². The molecule has 0 saturated carbocycles. The Morgan fingerprint density at radius 1 is 0.538 bits per heavy atom. The molecule has 12 atom stereocenters. The molecule has 0 spiro atoms. The Morgan fingerprint density at radius 3 is 1.45 bits per heavy atom. The Kier molecular flexibility index (Phi) is 33.7. The summed E-state index contributed by atoms with van der Waals surface area (Å²) in [7, 11) is 0. The van der Waals surface area contributed by atoms with Crippen molar-refractivity contribution >= 4 is 65.0 Å². The number of aliphatic hydroxyl groups excluding tert-OH is 4. The summed E-state index contributed by atoms with van der Waals surface area (Å²) in [4.78, 5) is 150. The van der Waals surface area contributed by atoms with Crippen LogP contribution in [0.15, 0.2) is 0 Å². The van der Waals surface area contributed by atoms with Crippen LogP contribution < -0.4 is 81.4 Å². The van der Waals surface area contributed by atoms with Crippen LogP contribution in [-0.2, 0) is 52.7 Å². The van der Waals surface area contributed by atoms with E-state index in [2.05, 4.69) is 58.5 Å². The Morgan fingerprint density at radius 2 is 0.974 bits per heavy atom. The van der Waals surface area contributed by atoms with E-state index in [1.807, 2.05) is 6.92 Å². The number of aliphatic hydroxyl groups is 4. The van der Waals surface area contributed by atoms with Crippen molar-refractivity contribution in [2.75, 3.05) is 45.9 Å². The molecule has 1 aliphatic rings. The van der Waals surface area contributed by atoms with E-state index in [9.17, 15) is 73.2 Å². The van der Waals surface area contributed by atoms with Gasteiger partial charge in [0.2, 0.25) is 65.0 Å². The number of carbonyl (C=O) groups excluding carboxylic acids is 11. The van der Waals surface area contributed by atoms with Gasteiger partial charge in [0.1, 0.15) is 60.4 Å². The van der Waals surface area contributed by atoms with E-state index < -0.39 is 164 Å². The standard InChI is InChI=1S/C48H89N15O15/c1-6-7-8-9-10-11-36(68)54-28(12-17-49)39(69)60-35(24-65)46(76)61-34(23-64)45(75)57-32-16-21-53-47(77)37(26(4)66)62-43(73)31(15-20-52)56-40(70)30(14-19-51)58-48(78)38(27(5)67)63-44(74)33(22-25(2)3)59-41(71)29(13-18-50)55-42(32)72/h25-35,37-38,64-67H,6-24,49-52H2,1-5H3,(H,53,77)(H,54,68)(H,55,72)(H,56,70)(H,57,75)(H,58,78)(H,59,71)(H,60,69)(H,61,76)(H,62,73)(H,63,74)/t26-,27-,28+,29+,30+,31+,32+,33-,34?,35+,37+,38+/m1/s1. The Balaban J connectivity index is 3.72. The molecule has 1 heterocycles. The summed E-state index contributed by atoms with van der Waals surface area (Å²) in [6, 6.07) is -15.9. The van der Waals surface area contributed by atoms with E-state index in [0.29, 0.717) is 6.42 Å². The monoisotopic (exact) mass is 1120 g/mol. The molecule has 1 saturated heterocycles. The highest BCUT2D eigenvalue weighted by Crippen LogP contribution is 2.10. The number of amides is 11. The summed E-state index contributed by atoms with van der Waals surface area (Å²) in [6.45, 7) is 4.54. The molecule has 0 aromatic carbocycles. The average Bonchev–Trinajstić information content (AvgIpc) is 3.37. The molecule has 23 N–H and O–H groups in total. The minimum absolute atomic E-state index is 0.0373. The van der Waals surface area contributed by atoms with Crippen LogP contribution >= 0.6 is 0 Å². The first-order chi connectivity index (χ1) is 36.9. The number of hydrogen-bond donors (Lipinski definition) is 19. The van der Waals surface area contributed by atoms with Gasteiger partial charge in [0, 0.05) is 13.0 Å². The molecular formula is C48H89N15O15. The summed E-state index contributed by atoms with van der Waals surface area (Å²) < 4.78 is 0. The van der Waals surface area contributed by atoms with Crippen molar-refractivity contribution in [1.29, 1.82) is 0 Å². The van der Waals surface area contributed by atoms with Gasteiger partial charge in [-0.1, -0.05) is 46.5 Å². The lowest BCUT2D eigenvalue weighted by atomic mass is 10.0. The van der Waals surface area contributed by atoms with Gasteiger partial charge in [-0.2, -0.15) is 0 Å². The summed E-state index contributed by atoms with van der Waals surface area (Å²) in [5.41, 5.74) is 23.0. The molecule has 0 aliphatic carbocycles. The van der Waals surface area contributed by atoms with Gasteiger partial charge in [0.15, 0.2) is 0 Å². The van der Waals surface area contributed by atoms with Crippen molar-refractivity contribution < 1.29 is 73.2 Å². The van der Waals surface area contributed by atoms with Gasteiger partial charge >= 0.3 is 0 Å². The highest BCUT2D eigenvalue weighted by Gasteiger charge is 2.37. The van der Waals surface area contributed by atoms with Gasteiger partial charge in [0.25, 0.3) is 0 Å². The van der Waals surface area contributed by atoms with Gasteiger partial charge in [-0.05, 0) is 90.9 Å². The minimum Gasteiger partial charge on any atom is -0.394 e. The molecule has 1 unspecified atom stereocenters. The molecule has 0 aromatic heterocycles. The summed E-state index contributed by atoms with van der Waals surface area (Å²) in [5, 5.41) is 68.2. The molecule has 30 nitrogen and oxygen atoms in total. The van der Waals surface area contributed by atoms with E-state index >= 15 is 0 Å². The molecule has 11 amide bonds. The molecule has 1 rings (SSSR count). The number of carbonyl (C=O) groups is 11. The highest BCUT2D eigenvalue weighted by atomic mass is 16.3. The van der Waals surface area contributed by atoms with Crippen LogP contribution in [0.5, 0.6) is 0 Å². The second-order valence-corrected chi connectivity index (χ2v) is 19.6. The zero-order valence-electron chi connectivity index (χ0n) is 45.5.